The van der Waals surface area contributed by atoms with Crippen molar-refractivity contribution in [2.24, 2.45) is 0 Å². The Morgan fingerprint density at radius 1 is 1.25 bits per heavy atom. The van der Waals surface area contributed by atoms with E-state index in [4.69, 9.17) is 9.47 Å². The first-order valence-electron chi connectivity index (χ1n) is 9.43. The van der Waals surface area contributed by atoms with Crippen molar-refractivity contribution in [2.75, 3.05) is 20.3 Å². The maximum Gasteiger partial charge on any atom is 0.407 e. The van der Waals surface area contributed by atoms with Gasteiger partial charge in [-0.1, -0.05) is 0 Å². The third kappa shape index (κ3) is 3.57. The highest BCUT2D eigenvalue weighted by Gasteiger charge is 2.26. The second kappa shape index (κ2) is 7.97. The average Bonchev–Trinajstić information content (AvgIpc) is 3.18. The summed E-state index contributed by atoms with van der Waals surface area (Å²) in [5.74, 6) is 0. The van der Waals surface area contributed by atoms with Crippen LogP contribution in [-0.4, -0.2) is 52.0 Å². The van der Waals surface area contributed by atoms with Crippen LogP contribution in [0.25, 0.3) is 22.1 Å². The zero-order valence-corrected chi connectivity index (χ0v) is 15.7. The zero-order chi connectivity index (χ0) is 19.5. The smallest absolute Gasteiger partial charge is 0.407 e. The van der Waals surface area contributed by atoms with Crippen LogP contribution in [-0.2, 0) is 9.47 Å². The molecule has 1 saturated carbocycles. The van der Waals surface area contributed by atoms with Gasteiger partial charge in [0.1, 0.15) is 17.8 Å². The quantitative estimate of drug-likeness (QED) is 0.651. The van der Waals surface area contributed by atoms with E-state index in [9.17, 15) is 9.59 Å². The zero-order valence-electron chi connectivity index (χ0n) is 15.7. The molecule has 0 spiro atoms. The SMILES string of the molecule is COCCOC(=O)NC1CCC(n2c(=O)cnc3cnc4[nH]ccc4c32)CC1. The van der Waals surface area contributed by atoms with E-state index in [0.717, 1.165) is 42.2 Å². The fourth-order valence-electron chi connectivity index (χ4n) is 3.90. The van der Waals surface area contributed by atoms with Crippen LogP contribution in [0.3, 0.4) is 0 Å². The molecule has 1 aliphatic rings. The molecular weight excluding hydrogens is 362 g/mol. The van der Waals surface area contributed by atoms with Gasteiger partial charge in [-0.05, 0) is 31.7 Å². The maximum absolute atomic E-state index is 12.7. The molecule has 9 nitrogen and oxygen atoms in total. The number of ether oxygens (including phenoxy) is 2. The van der Waals surface area contributed by atoms with Crippen molar-refractivity contribution in [2.45, 2.75) is 37.8 Å². The second-order valence-corrected chi connectivity index (χ2v) is 6.98. The molecule has 0 saturated heterocycles. The number of amides is 1. The Kier molecular flexibility index (Phi) is 5.25. The fraction of sp³-hybridized carbons (Fsp3) is 0.474. The van der Waals surface area contributed by atoms with Gasteiger partial charge in [0.15, 0.2) is 0 Å². The number of methoxy groups -OCH3 is 1. The van der Waals surface area contributed by atoms with Crippen LogP contribution < -0.4 is 10.9 Å². The van der Waals surface area contributed by atoms with E-state index in [1.54, 1.807) is 13.3 Å². The van der Waals surface area contributed by atoms with E-state index in [2.05, 4.69) is 20.3 Å². The lowest BCUT2D eigenvalue weighted by Gasteiger charge is -2.30. The molecule has 3 heterocycles. The number of fused-ring (bicyclic) bond motifs is 3. The van der Waals surface area contributed by atoms with Crippen molar-refractivity contribution >= 4 is 28.2 Å². The summed E-state index contributed by atoms with van der Waals surface area (Å²) in [6.45, 7) is 0.609. The first kappa shape index (κ1) is 18.4. The molecule has 1 fully saturated rings. The van der Waals surface area contributed by atoms with Gasteiger partial charge in [-0.15, -0.1) is 0 Å². The van der Waals surface area contributed by atoms with Crippen LogP contribution in [0, 0.1) is 0 Å². The summed E-state index contributed by atoms with van der Waals surface area (Å²) in [6, 6.07) is 2.02. The Hall–Kier alpha value is -2.94. The highest BCUT2D eigenvalue weighted by Crippen LogP contribution is 2.31. The summed E-state index contributed by atoms with van der Waals surface area (Å²) in [5.41, 5.74) is 2.14. The van der Waals surface area contributed by atoms with Gasteiger partial charge in [-0.25, -0.2) is 14.8 Å². The number of pyridine rings is 1. The number of hydrogen-bond acceptors (Lipinski definition) is 6. The molecule has 3 aromatic heterocycles. The van der Waals surface area contributed by atoms with Gasteiger partial charge >= 0.3 is 6.09 Å². The molecule has 0 unspecified atom stereocenters. The second-order valence-electron chi connectivity index (χ2n) is 6.98. The fourth-order valence-corrected chi connectivity index (χ4v) is 3.90. The minimum absolute atomic E-state index is 0.0454. The van der Waals surface area contributed by atoms with Crippen molar-refractivity contribution in [3.8, 4) is 0 Å². The minimum atomic E-state index is -0.424. The van der Waals surface area contributed by atoms with Crippen LogP contribution in [0.15, 0.2) is 29.5 Å². The Bertz CT molecular complexity index is 1040. The van der Waals surface area contributed by atoms with Gasteiger partial charge in [-0.2, -0.15) is 0 Å². The lowest BCUT2D eigenvalue weighted by Crippen LogP contribution is -2.39. The van der Waals surface area contributed by atoms with Crippen molar-refractivity contribution in [3.63, 3.8) is 0 Å². The summed E-state index contributed by atoms with van der Waals surface area (Å²) in [4.78, 5) is 36.2. The number of rotatable bonds is 5. The van der Waals surface area contributed by atoms with Crippen molar-refractivity contribution in [1.29, 1.82) is 0 Å². The number of nitrogens with one attached hydrogen (secondary N) is 2. The Morgan fingerprint density at radius 3 is 2.86 bits per heavy atom. The maximum atomic E-state index is 12.7. The third-order valence-electron chi connectivity index (χ3n) is 5.24. The largest absolute Gasteiger partial charge is 0.447 e. The van der Waals surface area contributed by atoms with Gasteiger partial charge in [0, 0.05) is 30.8 Å². The molecule has 2 N–H and O–H groups in total. The predicted molar refractivity (Wildman–Crippen MR) is 103 cm³/mol. The molecule has 3 aromatic rings. The number of nitrogens with zero attached hydrogens (tertiary/aromatic N) is 3. The van der Waals surface area contributed by atoms with Gasteiger partial charge < -0.3 is 24.3 Å². The number of carbonyl (C=O) groups excluding carboxylic acids is 1. The summed E-state index contributed by atoms with van der Waals surface area (Å²) in [5, 5.41) is 3.79. The Morgan fingerprint density at radius 2 is 2.07 bits per heavy atom. The van der Waals surface area contributed by atoms with Gasteiger partial charge in [0.25, 0.3) is 5.56 Å². The molecule has 1 aliphatic carbocycles. The molecule has 4 rings (SSSR count). The molecule has 28 heavy (non-hydrogen) atoms. The van der Waals surface area contributed by atoms with E-state index in [1.807, 2.05) is 16.8 Å². The molecule has 0 radical (unpaired) electrons. The van der Waals surface area contributed by atoms with E-state index in [1.165, 1.54) is 6.20 Å². The van der Waals surface area contributed by atoms with E-state index >= 15 is 0 Å². The van der Waals surface area contributed by atoms with Gasteiger partial charge in [0.05, 0.1) is 24.5 Å². The molecular formula is C19H23N5O4. The highest BCUT2D eigenvalue weighted by molar-refractivity contribution is 6.00. The summed E-state index contributed by atoms with van der Waals surface area (Å²) in [6.07, 6.45) is 7.57. The highest BCUT2D eigenvalue weighted by atomic mass is 16.6. The van der Waals surface area contributed by atoms with Crippen LogP contribution >= 0.6 is 0 Å². The molecule has 0 aliphatic heterocycles. The predicted octanol–water partition coefficient (Wildman–Crippen LogP) is 2.13. The number of aromatic amines is 1. The van der Waals surface area contributed by atoms with E-state index in [-0.39, 0.29) is 24.2 Å². The topological polar surface area (TPSA) is 111 Å². The third-order valence-corrected chi connectivity index (χ3v) is 5.24. The molecule has 1 amide bonds. The van der Waals surface area contributed by atoms with E-state index < -0.39 is 6.09 Å². The first-order valence-corrected chi connectivity index (χ1v) is 9.43. The van der Waals surface area contributed by atoms with Crippen molar-refractivity contribution < 1.29 is 14.3 Å². The van der Waals surface area contributed by atoms with Crippen LogP contribution in [0.4, 0.5) is 4.79 Å². The molecule has 148 valence electrons. The molecule has 9 heteroatoms. The molecule has 0 bridgehead atoms. The Balaban J connectivity index is 1.51. The number of hydrogen-bond donors (Lipinski definition) is 2. The lowest BCUT2D eigenvalue weighted by molar-refractivity contribution is 0.0945. The summed E-state index contributed by atoms with van der Waals surface area (Å²) >= 11 is 0. The Labute approximate surface area is 161 Å². The standard InChI is InChI=1S/C19H23N5O4/c1-27-8-9-28-19(26)23-12-2-4-13(5-3-12)24-16(25)11-21-15-10-22-18-14(17(15)24)6-7-20-18/h6-7,10-13H,2-5,8-9H2,1H3,(H,20,22)(H,23,26). The monoisotopic (exact) mass is 385 g/mol. The average molecular weight is 385 g/mol. The number of aromatic nitrogens is 4. The molecule has 0 atom stereocenters. The van der Waals surface area contributed by atoms with E-state index in [0.29, 0.717) is 12.1 Å². The van der Waals surface area contributed by atoms with Gasteiger partial charge in [-0.3, -0.25) is 4.79 Å². The van der Waals surface area contributed by atoms with Gasteiger partial charge in [0.2, 0.25) is 0 Å². The summed E-state index contributed by atoms with van der Waals surface area (Å²) in [7, 11) is 1.56. The number of carbonyl (C=O) groups is 1. The van der Waals surface area contributed by atoms with Crippen molar-refractivity contribution in [1.82, 2.24) is 24.8 Å². The summed E-state index contributed by atoms with van der Waals surface area (Å²) < 4.78 is 11.8. The van der Waals surface area contributed by atoms with Crippen LogP contribution in [0.2, 0.25) is 0 Å². The van der Waals surface area contributed by atoms with Crippen molar-refractivity contribution in [3.05, 3.63) is 35.0 Å². The first-order chi connectivity index (χ1) is 13.7. The normalized spacial score (nSPS) is 19.8. The van der Waals surface area contributed by atoms with Crippen LogP contribution in [0.5, 0.6) is 0 Å². The minimum Gasteiger partial charge on any atom is -0.447 e. The number of alkyl carbamates (subject to hydrolysis) is 1. The lowest BCUT2D eigenvalue weighted by atomic mass is 9.90. The molecule has 0 aromatic carbocycles. The number of H-pyrrole nitrogens is 1. The van der Waals surface area contributed by atoms with Crippen LogP contribution in [0.1, 0.15) is 31.7 Å².